The molecule has 12 rings (SSSR count). The molecule has 0 amide bonds. The molecule has 0 bridgehead atoms. The molecule has 3 heteroatoms. The highest BCUT2D eigenvalue weighted by molar-refractivity contribution is 6.35. The molecule has 0 aliphatic heterocycles. The predicted octanol–water partition coefficient (Wildman–Crippen LogP) is 13.3. The van der Waals surface area contributed by atoms with Gasteiger partial charge in [0.1, 0.15) is 0 Å². The van der Waals surface area contributed by atoms with E-state index in [9.17, 15) is 0 Å². The molecule has 0 saturated heterocycles. The number of nitrogens with zero attached hydrogens (tertiary/aromatic N) is 3. The summed E-state index contributed by atoms with van der Waals surface area (Å²) in [5.41, 5.74) is 5.11. The zero-order chi connectivity index (χ0) is 34.6. The van der Waals surface area contributed by atoms with E-state index in [0.717, 1.165) is 38.6 Å². The van der Waals surface area contributed by atoms with E-state index in [0.29, 0.717) is 5.95 Å². The minimum Gasteiger partial charge on any atom is -0.278 e. The third kappa shape index (κ3) is 4.05. The first-order chi connectivity index (χ1) is 26.3. The molecule has 0 saturated carbocycles. The summed E-state index contributed by atoms with van der Waals surface area (Å²) in [6.07, 6.45) is 0. The average molecular weight is 672 g/mol. The Morgan fingerprint density at radius 3 is 1.64 bits per heavy atom. The lowest BCUT2D eigenvalue weighted by Crippen LogP contribution is -2.04. The summed E-state index contributed by atoms with van der Waals surface area (Å²) in [6.45, 7) is 0. The molecule has 0 spiro atoms. The van der Waals surface area contributed by atoms with Crippen molar-refractivity contribution in [3.05, 3.63) is 176 Å². The first-order valence-corrected chi connectivity index (χ1v) is 18.2. The normalized spacial score (nSPS) is 12.2. The molecule has 0 atom stereocenters. The Labute approximate surface area is 304 Å². The van der Waals surface area contributed by atoms with Gasteiger partial charge in [0, 0.05) is 27.1 Å². The molecular weight excluding hydrogens is 643 g/mol. The number of hydrogen-bond donors (Lipinski definition) is 0. The van der Waals surface area contributed by atoms with Gasteiger partial charge in [0.05, 0.1) is 22.2 Å². The average Bonchev–Trinajstić information content (AvgIpc) is 3.55. The van der Waals surface area contributed by atoms with Gasteiger partial charge in [0.2, 0.25) is 5.95 Å². The van der Waals surface area contributed by atoms with Crippen LogP contribution in [0.4, 0.5) is 0 Å². The number of aromatic nitrogens is 3. The van der Waals surface area contributed by atoms with Gasteiger partial charge in [-0.25, -0.2) is 9.97 Å². The monoisotopic (exact) mass is 671 g/mol. The lowest BCUT2D eigenvalue weighted by molar-refractivity contribution is 1.02. The fourth-order valence-electron chi connectivity index (χ4n) is 8.94. The summed E-state index contributed by atoms with van der Waals surface area (Å²) in [4.78, 5) is 11.0. The second-order valence-electron chi connectivity index (χ2n) is 14.1. The van der Waals surface area contributed by atoms with Gasteiger partial charge in [-0.15, -0.1) is 0 Å². The van der Waals surface area contributed by atoms with Gasteiger partial charge < -0.3 is 0 Å². The Morgan fingerprint density at radius 2 is 0.887 bits per heavy atom. The Kier molecular flexibility index (Phi) is 5.77. The van der Waals surface area contributed by atoms with Crippen molar-refractivity contribution < 1.29 is 0 Å². The summed E-state index contributed by atoms with van der Waals surface area (Å²) < 4.78 is 2.31. The van der Waals surface area contributed by atoms with Crippen LogP contribution in [0.15, 0.2) is 176 Å². The van der Waals surface area contributed by atoms with E-state index in [1.165, 1.54) is 70.0 Å². The van der Waals surface area contributed by atoms with Crippen LogP contribution in [0.3, 0.4) is 0 Å². The summed E-state index contributed by atoms with van der Waals surface area (Å²) in [5.74, 6) is 0.663. The molecule has 3 nitrogen and oxygen atoms in total. The van der Waals surface area contributed by atoms with Gasteiger partial charge in [0.15, 0.2) is 0 Å². The van der Waals surface area contributed by atoms with Crippen LogP contribution in [0.2, 0.25) is 0 Å². The van der Waals surface area contributed by atoms with Gasteiger partial charge in [-0.1, -0.05) is 146 Å². The largest absolute Gasteiger partial charge is 0.278 e. The standard InChI is InChI=1S/C50H29N3/c1-2-13-32-27-35(22-21-30(32)11-1)49-47-36-16-6-5-12-31(36)23-25-43(47)51-50(52-49)53-44-26-24-41-39-19-8-7-17-37(39)38-18-9-10-20-40(38)46(41)48(44)42-28-33-14-3-4-15-34(33)29-45(42)53/h1-29H. The Bertz CT molecular complexity index is 3480. The highest BCUT2D eigenvalue weighted by Gasteiger charge is 2.22. The van der Waals surface area contributed by atoms with E-state index in [4.69, 9.17) is 9.97 Å². The molecule has 0 fully saturated rings. The van der Waals surface area contributed by atoms with Crippen molar-refractivity contribution in [1.82, 2.24) is 14.5 Å². The molecule has 0 aliphatic carbocycles. The van der Waals surface area contributed by atoms with Gasteiger partial charge in [-0.05, 0) is 89.6 Å². The predicted molar refractivity (Wildman–Crippen MR) is 224 cm³/mol. The summed E-state index contributed by atoms with van der Waals surface area (Å²) in [6, 6.07) is 63.7. The second-order valence-corrected chi connectivity index (χ2v) is 14.1. The zero-order valence-corrected chi connectivity index (χ0v) is 28.6. The molecule has 53 heavy (non-hydrogen) atoms. The van der Waals surface area contributed by atoms with Crippen molar-refractivity contribution in [3.8, 4) is 17.2 Å². The van der Waals surface area contributed by atoms with Gasteiger partial charge in [0.25, 0.3) is 0 Å². The van der Waals surface area contributed by atoms with Crippen molar-refractivity contribution in [2.45, 2.75) is 0 Å². The lowest BCUT2D eigenvalue weighted by Gasteiger charge is -2.15. The molecule has 244 valence electrons. The highest BCUT2D eigenvalue weighted by Crippen LogP contribution is 2.44. The summed E-state index contributed by atoms with van der Waals surface area (Å²) in [7, 11) is 0. The van der Waals surface area contributed by atoms with E-state index >= 15 is 0 Å². The minimum absolute atomic E-state index is 0.663. The molecule has 12 aromatic rings. The van der Waals surface area contributed by atoms with Crippen LogP contribution in [0.1, 0.15) is 0 Å². The van der Waals surface area contributed by atoms with Crippen molar-refractivity contribution >= 4 is 97.3 Å². The fraction of sp³-hybridized carbons (Fsp3) is 0. The molecule has 0 radical (unpaired) electrons. The van der Waals surface area contributed by atoms with Crippen LogP contribution >= 0.6 is 0 Å². The first-order valence-electron chi connectivity index (χ1n) is 18.2. The van der Waals surface area contributed by atoms with Gasteiger partial charge in [-0.2, -0.15) is 0 Å². The third-order valence-corrected chi connectivity index (χ3v) is 11.3. The Morgan fingerprint density at radius 1 is 0.321 bits per heavy atom. The van der Waals surface area contributed by atoms with Crippen LogP contribution in [-0.4, -0.2) is 14.5 Å². The summed E-state index contributed by atoms with van der Waals surface area (Å²) in [5, 5.41) is 18.2. The zero-order valence-electron chi connectivity index (χ0n) is 28.6. The molecule has 2 aromatic heterocycles. The maximum Gasteiger partial charge on any atom is 0.235 e. The smallest absolute Gasteiger partial charge is 0.235 e. The molecular formula is C50H29N3. The van der Waals surface area contributed by atoms with Crippen LogP contribution in [0.25, 0.3) is 115 Å². The van der Waals surface area contributed by atoms with Crippen molar-refractivity contribution in [2.24, 2.45) is 0 Å². The molecule has 0 unspecified atom stereocenters. The van der Waals surface area contributed by atoms with Crippen LogP contribution in [-0.2, 0) is 0 Å². The maximum absolute atomic E-state index is 5.60. The number of rotatable bonds is 2. The van der Waals surface area contributed by atoms with E-state index < -0.39 is 0 Å². The quantitative estimate of drug-likeness (QED) is 0.171. The first kappa shape index (κ1) is 28.6. The number of fused-ring (bicyclic) bond motifs is 15. The summed E-state index contributed by atoms with van der Waals surface area (Å²) >= 11 is 0. The molecule has 2 heterocycles. The molecule has 0 N–H and O–H groups in total. The number of hydrogen-bond acceptors (Lipinski definition) is 2. The topological polar surface area (TPSA) is 30.7 Å². The fourth-order valence-corrected chi connectivity index (χ4v) is 8.94. The molecule has 0 aliphatic rings. The van der Waals surface area contributed by atoms with E-state index in [2.05, 4.69) is 180 Å². The maximum atomic E-state index is 5.60. The van der Waals surface area contributed by atoms with E-state index in [-0.39, 0.29) is 0 Å². The van der Waals surface area contributed by atoms with Crippen molar-refractivity contribution in [1.29, 1.82) is 0 Å². The lowest BCUT2D eigenvalue weighted by atomic mass is 9.91. The van der Waals surface area contributed by atoms with Crippen molar-refractivity contribution in [2.75, 3.05) is 0 Å². The Hall–Kier alpha value is -7.10. The third-order valence-electron chi connectivity index (χ3n) is 11.3. The van der Waals surface area contributed by atoms with Crippen molar-refractivity contribution in [3.63, 3.8) is 0 Å². The number of benzene rings is 10. The van der Waals surface area contributed by atoms with Crippen LogP contribution in [0.5, 0.6) is 0 Å². The van der Waals surface area contributed by atoms with E-state index in [1.807, 2.05) is 0 Å². The van der Waals surface area contributed by atoms with E-state index in [1.54, 1.807) is 0 Å². The molecule has 10 aromatic carbocycles. The van der Waals surface area contributed by atoms with Gasteiger partial charge >= 0.3 is 0 Å². The second kappa shape index (κ2) is 10.7. The SMILES string of the molecule is c1ccc2cc(-c3nc(-n4c5cc6ccccc6cc5c5c6c7ccccc7c7ccccc7c6ccc54)nc4ccc5ccccc5c34)ccc2c1. The van der Waals surface area contributed by atoms with Crippen LogP contribution < -0.4 is 0 Å². The highest BCUT2D eigenvalue weighted by atomic mass is 15.2. The Balaban J connectivity index is 1.28. The van der Waals surface area contributed by atoms with Crippen LogP contribution in [0, 0.1) is 0 Å². The minimum atomic E-state index is 0.663. The van der Waals surface area contributed by atoms with Gasteiger partial charge in [-0.3, -0.25) is 4.57 Å².